The Morgan fingerprint density at radius 3 is 2.50 bits per heavy atom. The third-order valence-corrected chi connectivity index (χ3v) is 2.73. The fourth-order valence-electron chi connectivity index (χ4n) is 2.19. The van der Waals surface area contributed by atoms with E-state index in [2.05, 4.69) is 24.1 Å². The second-order valence-electron chi connectivity index (χ2n) is 4.49. The Hall–Kier alpha value is -0.650. The van der Waals surface area contributed by atoms with Crippen LogP contribution in [0.5, 0.6) is 0 Å². The normalized spacial score (nSPS) is 28.9. The van der Waals surface area contributed by atoms with Crippen molar-refractivity contribution in [3.05, 3.63) is 0 Å². The molecule has 0 spiro atoms. The Balaban J connectivity index is 2.47. The molecule has 1 aliphatic heterocycles. The second-order valence-corrected chi connectivity index (χ2v) is 4.49. The molecule has 1 amide bonds. The van der Waals surface area contributed by atoms with Crippen molar-refractivity contribution in [2.24, 2.45) is 5.73 Å². The van der Waals surface area contributed by atoms with Crippen molar-refractivity contribution in [1.29, 1.82) is 0 Å². The van der Waals surface area contributed by atoms with Crippen molar-refractivity contribution in [3.63, 3.8) is 0 Å². The number of hydrogen-bond acceptors (Lipinski definition) is 4. The molecule has 1 saturated heterocycles. The number of amides is 1. The van der Waals surface area contributed by atoms with Gasteiger partial charge in [0.25, 0.3) is 0 Å². The van der Waals surface area contributed by atoms with Crippen molar-refractivity contribution >= 4 is 5.91 Å². The van der Waals surface area contributed by atoms with Crippen LogP contribution in [0.15, 0.2) is 0 Å². The molecule has 16 heavy (non-hydrogen) atoms. The lowest BCUT2D eigenvalue weighted by molar-refractivity contribution is -0.121. The first kappa shape index (κ1) is 13.4. The molecule has 0 radical (unpaired) electrons. The number of nitrogens with two attached hydrogens (primary N) is 1. The number of nitrogens with zero attached hydrogens (tertiary/aromatic N) is 1. The SMILES string of the molecule is CCNC(CN1C[C@@H](C)O[C@@H](C)C1)C(N)=O. The lowest BCUT2D eigenvalue weighted by atomic mass is 10.2. The van der Waals surface area contributed by atoms with E-state index in [4.69, 9.17) is 10.5 Å². The van der Waals surface area contributed by atoms with E-state index in [0.29, 0.717) is 6.54 Å². The minimum absolute atomic E-state index is 0.221. The van der Waals surface area contributed by atoms with Gasteiger partial charge in [0.2, 0.25) is 5.91 Å². The summed E-state index contributed by atoms with van der Waals surface area (Å²) < 4.78 is 5.64. The van der Waals surface area contributed by atoms with Gasteiger partial charge in [-0.25, -0.2) is 0 Å². The van der Waals surface area contributed by atoms with Crippen LogP contribution in [0.25, 0.3) is 0 Å². The van der Waals surface area contributed by atoms with Gasteiger partial charge in [0, 0.05) is 19.6 Å². The second kappa shape index (κ2) is 6.18. The lowest BCUT2D eigenvalue weighted by Crippen LogP contribution is -2.54. The fraction of sp³-hybridized carbons (Fsp3) is 0.909. The molecule has 5 heteroatoms. The van der Waals surface area contributed by atoms with Crippen LogP contribution >= 0.6 is 0 Å². The van der Waals surface area contributed by atoms with Gasteiger partial charge in [0.1, 0.15) is 0 Å². The van der Waals surface area contributed by atoms with Gasteiger partial charge >= 0.3 is 0 Å². The summed E-state index contributed by atoms with van der Waals surface area (Å²) in [5, 5.41) is 3.10. The number of primary amides is 1. The maximum absolute atomic E-state index is 11.2. The summed E-state index contributed by atoms with van der Waals surface area (Å²) >= 11 is 0. The van der Waals surface area contributed by atoms with Gasteiger partial charge in [0.05, 0.1) is 18.2 Å². The van der Waals surface area contributed by atoms with Crippen molar-refractivity contribution in [1.82, 2.24) is 10.2 Å². The van der Waals surface area contributed by atoms with Crippen LogP contribution in [0.3, 0.4) is 0 Å². The molecule has 3 atom stereocenters. The highest BCUT2D eigenvalue weighted by Gasteiger charge is 2.25. The summed E-state index contributed by atoms with van der Waals surface area (Å²) in [6.07, 6.45) is 0.442. The number of rotatable bonds is 5. The predicted octanol–water partition coefficient (Wildman–Crippen LogP) is -0.441. The van der Waals surface area contributed by atoms with Gasteiger partial charge < -0.3 is 15.8 Å². The Bertz CT molecular complexity index is 225. The van der Waals surface area contributed by atoms with Crippen LogP contribution in [0, 0.1) is 0 Å². The molecule has 1 heterocycles. The molecular weight excluding hydrogens is 206 g/mol. The first-order chi connectivity index (χ1) is 7.52. The molecule has 0 bridgehead atoms. The van der Waals surface area contributed by atoms with E-state index in [0.717, 1.165) is 19.6 Å². The number of carbonyl (C=O) groups is 1. The summed E-state index contributed by atoms with van der Waals surface area (Å²) in [5.41, 5.74) is 5.35. The number of morpholine rings is 1. The maximum atomic E-state index is 11.2. The monoisotopic (exact) mass is 229 g/mol. The molecule has 0 aromatic rings. The van der Waals surface area contributed by atoms with E-state index >= 15 is 0 Å². The van der Waals surface area contributed by atoms with Crippen molar-refractivity contribution in [2.45, 2.75) is 39.0 Å². The van der Waals surface area contributed by atoms with E-state index in [-0.39, 0.29) is 24.2 Å². The van der Waals surface area contributed by atoms with Crippen LogP contribution in [-0.2, 0) is 9.53 Å². The van der Waals surface area contributed by atoms with Crippen molar-refractivity contribution in [2.75, 3.05) is 26.2 Å². The van der Waals surface area contributed by atoms with E-state index in [9.17, 15) is 4.79 Å². The van der Waals surface area contributed by atoms with Crippen LogP contribution in [0.2, 0.25) is 0 Å². The highest BCUT2D eigenvalue weighted by atomic mass is 16.5. The van der Waals surface area contributed by atoms with Crippen LogP contribution in [-0.4, -0.2) is 55.2 Å². The topological polar surface area (TPSA) is 67.6 Å². The Morgan fingerprint density at radius 2 is 2.06 bits per heavy atom. The molecular formula is C11H23N3O2. The molecule has 1 aliphatic rings. The van der Waals surface area contributed by atoms with Gasteiger partial charge in [0.15, 0.2) is 0 Å². The standard InChI is InChI=1S/C11H23N3O2/c1-4-13-10(11(12)15)7-14-5-8(2)16-9(3)6-14/h8-10,13H,4-7H2,1-3H3,(H2,12,15)/t8-,9+,10?. The number of nitrogens with one attached hydrogen (secondary N) is 1. The summed E-state index contributed by atoms with van der Waals surface area (Å²) in [6, 6.07) is -0.262. The highest BCUT2D eigenvalue weighted by Crippen LogP contribution is 2.10. The van der Waals surface area contributed by atoms with Crippen LogP contribution in [0.4, 0.5) is 0 Å². The summed E-state index contributed by atoms with van der Waals surface area (Å²) in [7, 11) is 0. The zero-order valence-electron chi connectivity index (χ0n) is 10.4. The van der Waals surface area contributed by atoms with E-state index in [1.807, 2.05) is 6.92 Å². The van der Waals surface area contributed by atoms with Gasteiger partial charge in [-0.05, 0) is 20.4 Å². The average molecular weight is 229 g/mol. The summed E-state index contributed by atoms with van der Waals surface area (Å²) in [4.78, 5) is 13.5. The van der Waals surface area contributed by atoms with Crippen molar-refractivity contribution in [3.8, 4) is 0 Å². The quantitative estimate of drug-likeness (QED) is 0.670. The lowest BCUT2D eigenvalue weighted by Gasteiger charge is -2.36. The number of ether oxygens (including phenoxy) is 1. The molecule has 1 unspecified atom stereocenters. The average Bonchev–Trinajstić information content (AvgIpc) is 2.15. The first-order valence-corrected chi connectivity index (χ1v) is 5.93. The van der Waals surface area contributed by atoms with Crippen LogP contribution < -0.4 is 11.1 Å². The summed E-state index contributed by atoms with van der Waals surface area (Å²) in [5.74, 6) is -0.284. The molecule has 0 saturated carbocycles. The molecule has 94 valence electrons. The van der Waals surface area contributed by atoms with Gasteiger partial charge in [-0.15, -0.1) is 0 Å². The highest BCUT2D eigenvalue weighted by molar-refractivity contribution is 5.80. The molecule has 0 aromatic carbocycles. The molecule has 3 N–H and O–H groups in total. The Labute approximate surface area is 97.3 Å². The van der Waals surface area contributed by atoms with E-state index in [1.165, 1.54) is 0 Å². The maximum Gasteiger partial charge on any atom is 0.235 e. The summed E-state index contributed by atoms with van der Waals surface area (Å²) in [6.45, 7) is 9.22. The Morgan fingerprint density at radius 1 is 1.50 bits per heavy atom. The zero-order valence-corrected chi connectivity index (χ0v) is 10.4. The zero-order chi connectivity index (χ0) is 12.1. The van der Waals surface area contributed by atoms with Gasteiger partial charge in [-0.3, -0.25) is 9.69 Å². The third-order valence-electron chi connectivity index (χ3n) is 2.73. The molecule has 1 rings (SSSR count). The minimum Gasteiger partial charge on any atom is -0.373 e. The molecule has 5 nitrogen and oxygen atoms in total. The number of carbonyl (C=O) groups excluding carboxylic acids is 1. The molecule has 0 aromatic heterocycles. The van der Waals surface area contributed by atoms with E-state index in [1.54, 1.807) is 0 Å². The third kappa shape index (κ3) is 4.08. The number of hydrogen-bond donors (Lipinski definition) is 2. The fourth-order valence-corrected chi connectivity index (χ4v) is 2.19. The number of likely N-dealkylation sites (N-methyl/N-ethyl adjacent to an activating group) is 1. The van der Waals surface area contributed by atoms with Gasteiger partial charge in [-0.2, -0.15) is 0 Å². The molecule has 0 aliphatic carbocycles. The van der Waals surface area contributed by atoms with Crippen LogP contribution in [0.1, 0.15) is 20.8 Å². The predicted molar refractivity (Wildman–Crippen MR) is 63.1 cm³/mol. The smallest absolute Gasteiger partial charge is 0.235 e. The molecule has 1 fully saturated rings. The first-order valence-electron chi connectivity index (χ1n) is 5.93. The van der Waals surface area contributed by atoms with E-state index < -0.39 is 0 Å². The largest absolute Gasteiger partial charge is 0.373 e. The Kier molecular flexibility index (Phi) is 5.18. The van der Waals surface area contributed by atoms with Gasteiger partial charge in [-0.1, -0.05) is 6.92 Å². The van der Waals surface area contributed by atoms with Crippen molar-refractivity contribution < 1.29 is 9.53 Å². The minimum atomic E-state index is -0.284.